The smallest absolute Gasteiger partial charge is 0.356 e. The first kappa shape index (κ1) is 15.2. The Morgan fingerprint density at radius 2 is 2.00 bits per heavy atom. The van der Waals surface area contributed by atoms with Crippen molar-refractivity contribution < 1.29 is 18.3 Å². The van der Waals surface area contributed by atoms with E-state index < -0.39 is 16.0 Å². The van der Waals surface area contributed by atoms with E-state index in [1.54, 1.807) is 4.57 Å². The number of carbonyl (C=O) groups is 1. The third-order valence-electron chi connectivity index (χ3n) is 2.76. The zero-order valence-electron chi connectivity index (χ0n) is 11.3. The molecule has 2 aromatic heterocycles. The number of hydrogen-bond donors (Lipinski definition) is 2. The maximum atomic E-state index is 12.0. The number of nitrogens with zero attached hydrogens (tertiary/aromatic N) is 4. The Kier molecular flexibility index (Phi) is 4.38. The summed E-state index contributed by atoms with van der Waals surface area (Å²) in [5, 5.41) is 8.69. The third-order valence-corrected chi connectivity index (χ3v) is 4.11. The maximum absolute atomic E-state index is 12.0. The van der Waals surface area contributed by atoms with Crippen LogP contribution in [0.3, 0.4) is 0 Å². The molecular weight excluding hydrogens is 298 g/mol. The summed E-state index contributed by atoms with van der Waals surface area (Å²) in [4.78, 5) is 18.2. The van der Waals surface area contributed by atoms with Crippen LogP contribution in [0.25, 0.3) is 0 Å². The van der Waals surface area contributed by atoms with Gasteiger partial charge in [0.25, 0.3) is 10.0 Å². The molecule has 0 amide bonds. The minimum absolute atomic E-state index is 0.0405. The van der Waals surface area contributed by atoms with Crippen molar-refractivity contribution in [2.75, 3.05) is 6.54 Å². The number of aryl methyl sites for hydroxylation is 1. The Balaban J connectivity index is 1.93. The number of carboxylic acids is 1. The van der Waals surface area contributed by atoms with E-state index in [0.29, 0.717) is 6.54 Å². The molecule has 0 radical (unpaired) electrons. The van der Waals surface area contributed by atoms with Gasteiger partial charge in [0.05, 0.1) is 12.7 Å². The van der Waals surface area contributed by atoms with E-state index in [1.165, 1.54) is 29.6 Å². The first-order valence-corrected chi connectivity index (χ1v) is 7.67. The topological polar surface area (TPSA) is 119 Å². The predicted octanol–water partition coefficient (Wildman–Crippen LogP) is -0.224. The Hall–Kier alpha value is -2.20. The molecule has 2 heterocycles. The van der Waals surface area contributed by atoms with Gasteiger partial charge in [-0.25, -0.2) is 27.9 Å². The molecule has 21 heavy (non-hydrogen) atoms. The average Bonchev–Trinajstić information content (AvgIpc) is 3.07. The maximum Gasteiger partial charge on any atom is 0.356 e. The molecule has 10 heteroatoms. The third kappa shape index (κ3) is 3.67. The molecule has 9 nitrogen and oxygen atoms in total. The zero-order valence-corrected chi connectivity index (χ0v) is 12.1. The summed E-state index contributed by atoms with van der Waals surface area (Å²) in [5.74, 6) is -1.13. The number of imidazole rings is 2. The summed E-state index contributed by atoms with van der Waals surface area (Å²) < 4.78 is 29.5. The fourth-order valence-corrected chi connectivity index (χ4v) is 2.60. The highest BCUT2D eigenvalue weighted by molar-refractivity contribution is 7.89. The summed E-state index contributed by atoms with van der Waals surface area (Å²) >= 11 is 0. The second kappa shape index (κ2) is 6.06. The van der Waals surface area contributed by atoms with Gasteiger partial charge in [-0.2, -0.15) is 0 Å². The summed E-state index contributed by atoms with van der Waals surface area (Å²) in [6, 6.07) is 0. The van der Waals surface area contributed by atoms with Crippen molar-refractivity contribution in [2.45, 2.75) is 25.0 Å². The molecule has 2 aromatic rings. The van der Waals surface area contributed by atoms with Crippen LogP contribution in [0.4, 0.5) is 0 Å². The number of aromatic carboxylic acids is 1. The molecule has 114 valence electrons. The largest absolute Gasteiger partial charge is 0.476 e. The molecule has 0 aliphatic carbocycles. The van der Waals surface area contributed by atoms with Gasteiger partial charge in [-0.3, -0.25) is 0 Å². The summed E-state index contributed by atoms with van der Waals surface area (Å²) in [6.07, 6.45) is 5.57. The average molecular weight is 313 g/mol. The van der Waals surface area contributed by atoms with E-state index >= 15 is 0 Å². The summed E-state index contributed by atoms with van der Waals surface area (Å²) in [6.45, 7) is 2.89. The van der Waals surface area contributed by atoms with E-state index in [0.717, 1.165) is 0 Å². The first-order chi connectivity index (χ1) is 9.92. The molecule has 0 unspecified atom stereocenters. The molecule has 0 saturated heterocycles. The molecule has 0 saturated carbocycles. The van der Waals surface area contributed by atoms with E-state index in [4.69, 9.17) is 5.11 Å². The van der Waals surface area contributed by atoms with Crippen LogP contribution in [0.2, 0.25) is 0 Å². The molecule has 0 bridgehead atoms. The van der Waals surface area contributed by atoms with Crippen molar-refractivity contribution in [1.82, 2.24) is 23.8 Å². The minimum atomic E-state index is -3.66. The van der Waals surface area contributed by atoms with Gasteiger partial charge in [-0.15, -0.1) is 0 Å². The lowest BCUT2D eigenvalue weighted by Gasteiger charge is -2.04. The summed E-state index contributed by atoms with van der Waals surface area (Å²) in [5.41, 5.74) is -0.0838. The van der Waals surface area contributed by atoms with E-state index in [1.807, 2.05) is 6.92 Å². The monoisotopic (exact) mass is 313 g/mol. The highest BCUT2D eigenvalue weighted by atomic mass is 32.2. The molecule has 2 N–H and O–H groups in total. The highest BCUT2D eigenvalue weighted by Crippen LogP contribution is 2.04. The van der Waals surface area contributed by atoms with Crippen LogP contribution in [-0.2, 0) is 23.1 Å². The standard InChI is InChI=1S/C11H15N5O4S/c1-2-15-6-10(13-8-15)21(19,20)14-3-4-16-5-9(11(17)18)12-7-16/h5-8,14H,2-4H2,1H3,(H,17,18). The number of rotatable bonds is 7. The van der Waals surface area contributed by atoms with Gasteiger partial charge in [-0.1, -0.05) is 0 Å². The Morgan fingerprint density at radius 3 is 2.57 bits per heavy atom. The number of hydrogen-bond acceptors (Lipinski definition) is 5. The van der Waals surface area contributed by atoms with E-state index in [2.05, 4.69) is 14.7 Å². The van der Waals surface area contributed by atoms with Gasteiger partial charge in [0.15, 0.2) is 10.7 Å². The second-order valence-corrected chi connectivity index (χ2v) is 5.96. The molecule has 0 aliphatic rings. The van der Waals surface area contributed by atoms with Gasteiger partial charge in [-0.05, 0) is 6.92 Å². The van der Waals surface area contributed by atoms with Gasteiger partial charge < -0.3 is 14.2 Å². The highest BCUT2D eigenvalue weighted by Gasteiger charge is 2.16. The van der Waals surface area contributed by atoms with Crippen molar-refractivity contribution in [3.8, 4) is 0 Å². The molecular formula is C11H15N5O4S. The molecule has 2 rings (SSSR count). The van der Waals surface area contributed by atoms with Crippen LogP contribution in [-0.4, -0.2) is 45.1 Å². The lowest BCUT2D eigenvalue weighted by Crippen LogP contribution is -2.27. The van der Waals surface area contributed by atoms with Gasteiger partial charge in [0, 0.05) is 32.0 Å². The van der Waals surface area contributed by atoms with Crippen molar-refractivity contribution in [1.29, 1.82) is 0 Å². The SMILES string of the molecule is CCn1cnc(S(=O)(=O)NCCn2cnc(C(=O)O)c2)c1. The molecule has 0 aromatic carbocycles. The molecule has 0 spiro atoms. The number of aromatic nitrogens is 4. The number of nitrogens with one attached hydrogen (secondary N) is 1. The lowest BCUT2D eigenvalue weighted by molar-refractivity contribution is 0.0691. The molecule has 0 fully saturated rings. The van der Waals surface area contributed by atoms with Crippen LogP contribution < -0.4 is 4.72 Å². The Morgan fingerprint density at radius 1 is 1.29 bits per heavy atom. The van der Waals surface area contributed by atoms with Crippen LogP contribution in [0.5, 0.6) is 0 Å². The minimum Gasteiger partial charge on any atom is -0.476 e. The van der Waals surface area contributed by atoms with Crippen LogP contribution in [0, 0.1) is 0 Å². The van der Waals surface area contributed by atoms with Crippen molar-refractivity contribution in [3.63, 3.8) is 0 Å². The van der Waals surface area contributed by atoms with Crippen molar-refractivity contribution in [2.24, 2.45) is 0 Å². The molecule has 0 atom stereocenters. The number of carboxylic acid groups (broad SMARTS) is 1. The fourth-order valence-electron chi connectivity index (χ4n) is 1.63. The van der Waals surface area contributed by atoms with Gasteiger partial charge >= 0.3 is 5.97 Å². The van der Waals surface area contributed by atoms with Crippen LogP contribution >= 0.6 is 0 Å². The summed E-state index contributed by atoms with van der Waals surface area (Å²) in [7, 11) is -3.66. The van der Waals surface area contributed by atoms with Crippen LogP contribution in [0.15, 0.2) is 30.1 Å². The predicted molar refractivity (Wildman–Crippen MR) is 72.3 cm³/mol. The quantitative estimate of drug-likeness (QED) is 0.729. The Labute approximate surface area is 121 Å². The second-order valence-electron chi connectivity index (χ2n) is 4.24. The molecule has 0 aliphatic heterocycles. The lowest BCUT2D eigenvalue weighted by atomic mass is 10.5. The van der Waals surface area contributed by atoms with E-state index in [9.17, 15) is 13.2 Å². The zero-order chi connectivity index (χ0) is 15.5. The van der Waals surface area contributed by atoms with Crippen molar-refractivity contribution in [3.05, 3.63) is 30.7 Å². The first-order valence-electron chi connectivity index (χ1n) is 6.19. The van der Waals surface area contributed by atoms with Crippen molar-refractivity contribution >= 4 is 16.0 Å². The van der Waals surface area contributed by atoms with E-state index in [-0.39, 0.29) is 23.8 Å². The fraction of sp³-hybridized carbons (Fsp3) is 0.364. The van der Waals surface area contributed by atoms with Gasteiger partial charge in [0.1, 0.15) is 0 Å². The normalized spacial score (nSPS) is 11.7. The van der Waals surface area contributed by atoms with Crippen LogP contribution in [0.1, 0.15) is 17.4 Å². The number of sulfonamides is 1. The Bertz CT molecular complexity index is 733. The van der Waals surface area contributed by atoms with Gasteiger partial charge in [0.2, 0.25) is 0 Å².